The molecule has 0 radical (unpaired) electrons. The highest BCUT2D eigenvalue weighted by atomic mass is 19.1. The SMILES string of the molecule is O=C(NCc1ccc(F)cc1)c1cc(N2CCOCC2)on1. The van der Waals surface area contributed by atoms with Gasteiger partial charge in [-0.1, -0.05) is 17.3 Å². The Hall–Kier alpha value is -2.41. The molecule has 116 valence electrons. The number of aromatic nitrogens is 1. The standard InChI is InChI=1S/C15H16FN3O3/c16-12-3-1-11(2-4-12)10-17-15(20)13-9-14(22-18-13)19-5-7-21-8-6-19/h1-4,9H,5-8,10H2,(H,17,20). The first-order valence-electron chi connectivity index (χ1n) is 7.04. The maximum atomic E-state index is 12.8. The highest BCUT2D eigenvalue weighted by molar-refractivity contribution is 5.92. The lowest BCUT2D eigenvalue weighted by Gasteiger charge is -2.25. The van der Waals surface area contributed by atoms with E-state index in [4.69, 9.17) is 9.26 Å². The molecule has 22 heavy (non-hydrogen) atoms. The second-order valence-corrected chi connectivity index (χ2v) is 4.96. The summed E-state index contributed by atoms with van der Waals surface area (Å²) in [6.07, 6.45) is 0. The molecule has 6 nitrogen and oxygen atoms in total. The Morgan fingerprint density at radius 3 is 2.73 bits per heavy atom. The van der Waals surface area contributed by atoms with Gasteiger partial charge in [-0.2, -0.15) is 0 Å². The van der Waals surface area contributed by atoms with Gasteiger partial charge in [0.1, 0.15) is 5.82 Å². The Morgan fingerprint density at radius 1 is 1.27 bits per heavy atom. The van der Waals surface area contributed by atoms with Gasteiger partial charge in [-0.3, -0.25) is 4.79 Å². The maximum absolute atomic E-state index is 12.8. The van der Waals surface area contributed by atoms with Gasteiger partial charge in [0.2, 0.25) is 5.88 Å². The molecular weight excluding hydrogens is 289 g/mol. The van der Waals surface area contributed by atoms with Gasteiger partial charge in [-0.25, -0.2) is 4.39 Å². The number of anilines is 1. The van der Waals surface area contributed by atoms with Gasteiger partial charge in [0.25, 0.3) is 5.91 Å². The average molecular weight is 305 g/mol. The van der Waals surface area contributed by atoms with Crippen LogP contribution in [-0.2, 0) is 11.3 Å². The number of nitrogens with one attached hydrogen (secondary N) is 1. The fraction of sp³-hybridized carbons (Fsp3) is 0.333. The van der Waals surface area contributed by atoms with Gasteiger partial charge in [-0.15, -0.1) is 0 Å². The largest absolute Gasteiger partial charge is 0.378 e. The molecule has 0 saturated carbocycles. The normalized spacial score (nSPS) is 14.9. The summed E-state index contributed by atoms with van der Waals surface area (Å²) in [6, 6.07) is 7.57. The number of ether oxygens (including phenoxy) is 1. The van der Waals surface area contributed by atoms with Crippen molar-refractivity contribution >= 4 is 11.8 Å². The molecule has 1 fully saturated rings. The van der Waals surface area contributed by atoms with Crippen LogP contribution in [0.2, 0.25) is 0 Å². The Labute approximate surface area is 126 Å². The van der Waals surface area contributed by atoms with Crippen LogP contribution in [0.25, 0.3) is 0 Å². The summed E-state index contributed by atoms with van der Waals surface area (Å²) in [5, 5.41) is 6.51. The number of morpholine rings is 1. The number of rotatable bonds is 4. The molecule has 1 amide bonds. The van der Waals surface area contributed by atoms with Crippen LogP contribution in [0.3, 0.4) is 0 Å². The van der Waals surface area contributed by atoms with E-state index in [2.05, 4.69) is 10.5 Å². The van der Waals surface area contributed by atoms with Crippen LogP contribution in [-0.4, -0.2) is 37.4 Å². The van der Waals surface area contributed by atoms with Crippen LogP contribution < -0.4 is 10.2 Å². The van der Waals surface area contributed by atoms with E-state index < -0.39 is 0 Å². The van der Waals surface area contributed by atoms with Crippen molar-refractivity contribution in [2.75, 3.05) is 31.2 Å². The maximum Gasteiger partial charge on any atom is 0.273 e. The third-order valence-electron chi connectivity index (χ3n) is 3.42. The van der Waals surface area contributed by atoms with Crippen molar-refractivity contribution in [3.05, 3.63) is 47.4 Å². The van der Waals surface area contributed by atoms with Crippen molar-refractivity contribution in [1.29, 1.82) is 0 Å². The predicted octanol–water partition coefficient (Wildman–Crippen LogP) is 1.58. The topological polar surface area (TPSA) is 67.6 Å². The highest BCUT2D eigenvalue weighted by Crippen LogP contribution is 2.17. The number of hydrogen-bond donors (Lipinski definition) is 1. The lowest BCUT2D eigenvalue weighted by Crippen LogP contribution is -2.35. The summed E-state index contributed by atoms with van der Waals surface area (Å²) in [5.41, 5.74) is 1.04. The van der Waals surface area contributed by atoms with Crippen molar-refractivity contribution in [1.82, 2.24) is 10.5 Å². The molecule has 2 heterocycles. The quantitative estimate of drug-likeness (QED) is 0.929. The molecule has 3 rings (SSSR count). The van der Waals surface area contributed by atoms with Crippen molar-refractivity contribution in [2.45, 2.75) is 6.54 Å². The molecule has 2 aromatic rings. The number of carbonyl (C=O) groups is 1. The molecule has 0 aliphatic carbocycles. The van der Waals surface area contributed by atoms with Crippen LogP contribution >= 0.6 is 0 Å². The smallest absolute Gasteiger partial charge is 0.273 e. The van der Waals surface area contributed by atoms with E-state index in [-0.39, 0.29) is 17.4 Å². The van der Waals surface area contributed by atoms with Crippen LogP contribution in [0, 0.1) is 5.82 Å². The van der Waals surface area contributed by atoms with Crippen molar-refractivity contribution in [3.63, 3.8) is 0 Å². The molecule has 1 aromatic carbocycles. The lowest BCUT2D eigenvalue weighted by atomic mass is 10.2. The van der Waals surface area contributed by atoms with E-state index in [1.54, 1.807) is 18.2 Å². The van der Waals surface area contributed by atoms with Crippen LogP contribution in [0.4, 0.5) is 10.3 Å². The summed E-state index contributed by atoms with van der Waals surface area (Å²) in [5.74, 6) is -0.0652. The van der Waals surface area contributed by atoms with E-state index in [9.17, 15) is 9.18 Å². The van der Waals surface area contributed by atoms with Crippen LogP contribution in [0.15, 0.2) is 34.9 Å². The molecular formula is C15H16FN3O3. The molecule has 0 bridgehead atoms. The van der Waals surface area contributed by atoms with Gasteiger partial charge < -0.3 is 19.5 Å². The summed E-state index contributed by atoms with van der Waals surface area (Å²) in [6.45, 7) is 3.00. The summed E-state index contributed by atoms with van der Waals surface area (Å²) < 4.78 is 23.3. The Morgan fingerprint density at radius 2 is 2.00 bits per heavy atom. The lowest BCUT2D eigenvalue weighted by molar-refractivity contribution is 0.0941. The molecule has 7 heteroatoms. The van der Waals surface area contributed by atoms with Gasteiger partial charge in [0, 0.05) is 25.7 Å². The zero-order valence-electron chi connectivity index (χ0n) is 11.9. The number of halogens is 1. The first kappa shape index (κ1) is 14.5. The molecule has 1 aliphatic heterocycles. The molecule has 1 aliphatic rings. The number of benzene rings is 1. The molecule has 0 spiro atoms. The Bertz CT molecular complexity index is 636. The monoisotopic (exact) mass is 305 g/mol. The number of carbonyl (C=O) groups excluding carboxylic acids is 1. The molecule has 0 unspecified atom stereocenters. The third kappa shape index (κ3) is 3.43. The fourth-order valence-corrected chi connectivity index (χ4v) is 2.18. The van der Waals surface area contributed by atoms with E-state index in [0.29, 0.717) is 38.7 Å². The zero-order valence-corrected chi connectivity index (χ0v) is 11.9. The molecule has 0 atom stereocenters. The van der Waals surface area contributed by atoms with Gasteiger partial charge in [0.15, 0.2) is 5.69 Å². The first-order valence-corrected chi connectivity index (χ1v) is 7.04. The van der Waals surface area contributed by atoms with E-state index in [0.717, 1.165) is 5.56 Å². The van der Waals surface area contributed by atoms with Gasteiger partial charge in [0.05, 0.1) is 13.2 Å². The van der Waals surface area contributed by atoms with Crippen LogP contribution in [0.1, 0.15) is 16.1 Å². The second-order valence-electron chi connectivity index (χ2n) is 4.96. The summed E-state index contributed by atoms with van der Waals surface area (Å²) in [7, 11) is 0. The molecule has 1 aromatic heterocycles. The number of nitrogens with zero attached hydrogens (tertiary/aromatic N) is 2. The van der Waals surface area contributed by atoms with E-state index >= 15 is 0 Å². The van der Waals surface area contributed by atoms with Crippen LogP contribution in [0.5, 0.6) is 0 Å². The zero-order chi connectivity index (χ0) is 15.4. The molecule has 1 N–H and O–H groups in total. The van der Waals surface area contributed by atoms with E-state index in [1.807, 2.05) is 4.90 Å². The van der Waals surface area contributed by atoms with Gasteiger partial charge >= 0.3 is 0 Å². The van der Waals surface area contributed by atoms with E-state index in [1.165, 1.54) is 12.1 Å². The minimum Gasteiger partial charge on any atom is -0.378 e. The van der Waals surface area contributed by atoms with Crippen molar-refractivity contribution in [2.24, 2.45) is 0 Å². The summed E-state index contributed by atoms with van der Waals surface area (Å²) in [4.78, 5) is 14.0. The second kappa shape index (κ2) is 6.57. The molecule has 1 saturated heterocycles. The third-order valence-corrected chi connectivity index (χ3v) is 3.42. The predicted molar refractivity (Wildman–Crippen MR) is 77.1 cm³/mol. The first-order chi connectivity index (χ1) is 10.7. The fourth-order valence-electron chi connectivity index (χ4n) is 2.18. The van der Waals surface area contributed by atoms with Crippen molar-refractivity contribution < 1.29 is 18.4 Å². The minimum absolute atomic E-state index is 0.226. The Balaban J connectivity index is 1.58. The summed E-state index contributed by atoms with van der Waals surface area (Å²) >= 11 is 0. The minimum atomic E-state index is -0.326. The van der Waals surface area contributed by atoms with Gasteiger partial charge in [-0.05, 0) is 17.7 Å². The Kier molecular flexibility index (Phi) is 4.34. The highest BCUT2D eigenvalue weighted by Gasteiger charge is 2.18. The van der Waals surface area contributed by atoms with Crippen molar-refractivity contribution in [3.8, 4) is 0 Å². The number of amides is 1. The average Bonchev–Trinajstić information content (AvgIpc) is 3.05. The number of hydrogen-bond acceptors (Lipinski definition) is 5.